The number of hydrogen-bond donors (Lipinski definition) is 0. The maximum atomic E-state index is 13.3. The molecule has 1 amide bonds. The minimum absolute atomic E-state index is 0.0182. The van der Waals surface area contributed by atoms with E-state index in [0.717, 1.165) is 4.90 Å². The van der Waals surface area contributed by atoms with Crippen LogP contribution in [0.15, 0.2) is 24.3 Å². The van der Waals surface area contributed by atoms with Crippen LogP contribution >= 0.6 is 0 Å². The lowest BCUT2D eigenvalue weighted by Crippen LogP contribution is -2.38. The van der Waals surface area contributed by atoms with Gasteiger partial charge in [0.15, 0.2) is 0 Å². The molecule has 0 aliphatic heterocycles. The second kappa shape index (κ2) is 6.54. The summed E-state index contributed by atoms with van der Waals surface area (Å²) in [6.07, 6.45) is -4.45. The van der Waals surface area contributed by atoms with Crippen LogP contribution in [0.3, 0.4) is 0 Å². The smallest absolute Gasteiger partial charge is 0.334 e. The first-order valence-electron chi connectivity index (χ1n) is 5.91. The topological polar surface area (TPSA) is 20.3 Å². The van der Waals surface area contributed by atoms with Crippen LogP contribution in [0.5, 0.6) is 0 Å². The molecule has 106 valence electrons. The molecule has 0 unspecified atom stereocenters. The van der Waals surface area contributed by atoms with Gasteiger partial charge in [0, 0.05) is 13.0 Å². The summed E-state index contributed by atoms with van der Waals surface area (Å²) >= 11 is 0. The Kier molecular flexibility index (Phi) is 5.32. The van der Waals surface area contributed by atoms with Gasteiger partial charge in [0.05, 0.1) is 0 Å². The van der Waals surface area contributed by atoms with Gasteiger partial charge >= 0.3 is 6.18 Å². The summed E-state index contributed by atoms with van der Waals surface area (Å²) in [5, 5.41) is 0. The molecule has 0 spiro atoms. The number of alkyl halides is 3. The fourth-order valence-electron chi connectivity index (χ4n) is 1.69. The number of halogens is 4. The van der Waals surface area contributed by atoms with Gasteiger partial charge in [-0.2, -0.15) is 13.2 Å². The van der Waals surface area contributed by atoms with E-state index in [-0.39, 0.29) is 19.4 Å². The highest BCUT2D eigenvalue weighted by Crippen LogP contribution is 2.17. The fourth-order valence-corrected chi connectivity index (χ4v) is 1.69. The minimum Gasteiger partial charge on any atom is -0.334 e. The van der Waals surface area contributed by atoms with E-state index >= 15 is 0 Å². The molecule has 0 N–H and O–H groups in total. The Hall–Kier alpha value is -1.59. The molecule has 0 aromatic heterocycles. The quantitative estimate of drug-likeness (QED) is 0.757. The van der Waals surface area contributed by atoms with Crippen LogP contribution in [0.2, 0.25) is 0 Å². The summed E-state index contributed by atoms with van der Waals surface area (Å²) in [4.78, 5) is 12.4. The van der Waals surface area contributed by atoms with Gasteiger partial charge in [0.1, 0.15) is 12.4 Å². The maximum absolute atomic E-state index is 13.3. The van der Waals surface area contributed by atoms with Crippen molar-refractivity contribution in [3.05, 3.63) is 35.6 Å². The number of aryl methyl sites for hydroxylation is 1. The second-order valence-electron chi connectivity index (χ2n) is 4.11. The van der Waals surface area contributed by atoms with Gasteiger partial charge in [-0.25, -0.2) is 4.39 Å². The van der Waals surface area contributed by atoms with Crippen molar-refractivity contribution < 1.29 is 22.4 Å². The zero-order valence-electron chi connectivity index (χ0n) is 10.5. The van der Waals surface area contributed by atoms with E-state index in [2.05, 4.69) is 0 Å². The lowest BCUT2D eigenvalue weighted by atomic mass is 10.1. The highest BCUT2D eigenvalue weighted by Gasteiger charge is 2.32. The Morgan fingerprint density at radius 2 is 1.89 bits per heavy atom. The number of benzene rings is 1. The van der Waals surface area contributed by atoms with Crippen molar-refractivity contribution in [1.82, 2.24) is 4.90 Å². The molecule has 19 heavy (non-hydrogen) atoms. The predicted octanol–water partition coefficient (Wildman–Crippen LogP) is 3.17. The van der Waals surface area contributed by atoms with Crippen molar-refractivity contribution in [2.24, 2.45) is 0 Å². The van der Waals surface area contributed by atoms with Crippen LogP contribution in [0.4, 0.5) is 17.6 Å². The first kappa shape index (κ1) is 15.5. The minimum atomic E-state index is -4.41. The highest BCUT2D eigenvalue weighted by molar-refractivity contribution is 5.76. The van der Waals surface area contributed by atoms with E-state index in [1.54, 1.807) is 6.07 Å². The van der Waals surface area contributed by atoms with Crippen molar-refractivity contribution in [3.8, 4) is 0 Å². The number of nitrogens with zero attached hydrogens (tertiary/aromatic N) is 1. The van der Waals surface area contributed by atoms with E-state index in [0.29, 0.717) is 5.56 Å². The lowest BCUT2D eigenvalue weighted by Gasteiger charge is -2.22. The Balaban J connectivity index is 2.57. The summed E-state index contributed by atoms with van der Waals surface area (Å²) in [7, 11) is 0. The first-order valence-corrected chi connectivity index (χ1v) is 5.91. The Morgan fingerprint density at radius 3 is 2.42 bits per heavy atom. The van der Waals surface area contributed by atoms with Gasteiger partial charge in [0.25, 0.3) is 0 Å². The summed E-state index contributed by atoms with van der Waals surface area (Å²) in [6.45, 7) is 0.196. The van der Waals surface area contributed by atoms with Crippen LogP contribution in [-0.4, -0.2) is 30.1 Å². The molecule has 0 fully saturated rings. The van der Waals surface area contributed by atoms with Crippen molar-refractivity contribution in [2.75, 3.05) is 13.1 Å². The molecule has 0 saturated heterocycles. The number of amides is 1. The first-order chi connectivity index (χ1) is 8.83. The van der Waals surface area contributed by atoms with Crippen molar-refractivity contribution in [1.29, 1.82) is 0 Å². The number of hydrogen-bond acceptors (Lipinski definition) is 1. The van der Waals surface area contributed by atoms with Gasteiger partial charge in [-0.3, -0.25) is 4.79 Å². The van der Waals surface area contributed by atoms with Crippen LogP contribution < -0.4 is 0 Å². The molecule has 0 heterocycles. The normalized spacial score (nSPS) is 11.4. The SMILES string of the molecule is CCN(CC(F)(F)F)C(=O)CCc1ccccc1F. The highest BCUT2D eigenvalue weighted by atomic mass is 19.4. The van der Waals surface area contributed by atoms with Crippen molar-refractivity contribution >= 4 is 5.91 Å². The molecule has 6 heteroatoms. The number of carbonyl (C=O) groups excluding carboxylic acids is 1. The van der Waals surface area contributed by atoms with Crippen LogP contribution in [0.25, 0.3) is 0 Å². The molecule has 0 saturated carbocycles. The van der Waals surface area contributed by atoms with E-state index < -0.39 is 24.4 Å². The van der Waals surface area contributed by atoms with Crippen LogP contribution in [0.1, 0.15) is 18.9 Å². The maximum Gasteiger partial charge on any atom is 0.406 e. The van der Waals surface area contributed by atoms with E-state index in [1.807, 2.05) is 0 Å². The average molecular weight is 277 g/mol. The molecule has 0 aliphatic carbocycles. The Labute approximate surface area is 109 Å². The third kappa shape index (κ3) is 5.28. The Morgan fingerprint density at radius 1 is 1.26 bits per heavy atom. The summed E-state index contributed by atoms with van der Waals surface area (Å²) in [5.74, 6) is -1.07. The lowest BCUT2D eigenvalue weighted by molar-refractivity contribution is -0.160. The van der Waals surface area contributed by atoms with E-state index in [4.69, 9.17) is 0 Å². The standard InChI is InChI=1S/C13H15F4NO/c1-2-18(9-13(15,16)17)12(19)8-7-10-5-3-4-6-11(10)14/h3-6H,2,7-9H2,1H3. The number of rotatable bonds is 5. The van der Waals surface area contributed by atoms with Crippen LogP contribution in [0, 0.1) is 5.82 Å². The summed E-state index contributed by atoms with van der Waals surface area (Å²) in [5.41, 5.74) is 0.332. The molecule has 2 nitrogen and oxygen atoms in total. The number of carbonyl (C=O) groups is 1. The van der Waals surface area contributed by atoms with Gasteiger partial charge < -0.3 is 4.90 Å². The molecule has 0 radical (unpaired) electrons. The average Bonchev–Trinajstić information content (AvgIpc) is 2.33. The van der Waals surface area contributed by atoms with E-state index in [1.165, 1.54) is 25.1 Å². The molecule has 1 aromatic rings. The van der Waals surface area contributed by atoms with E-state index in [9.17, 15) is 22.4 Å². The van der Waals surface area contributed by atoms with Gasteiger partial charge in [-0.05, 0) is 25.0 Å². The van der Waals surface area contributed by atoms with Gasteiger partial charge in [-0.15, -0.1) is 0 Å². The molecular weight excluding hydrogens is 262 g/mol. The summed E-state index contributed by atoms with van der Waals surface area (Å²) < 4.78 is 50.0. The van der Waals surface area contributed by atoms with Gasteiger partial charge in [0.2, 0.25) is 5.91 Å². The van der Waals surface area contributed by atoms with Crippen LogP contribution in [-0.2, 0) is 11.2 Å². The van der Waals surface area contributed by atoms with Crippen molar-refractivity contribution in [2.45, 2.75) is 25.9 Å². The summed E-state index contributed by atoms with van der Waals surface area (Å²) in [6, 6.07) is 5.91. The molecule has 0 bridgehead atoms. The van der Waals surface area contributed by atoms with Gasteiger partial charge in [-0.1, -0.05) is 18.2 Å². The predicted molar refractivity (Wildman–Crippen MR) is 63.0 cm³/mol. The largest absolute Gasteiger partial charge is 0.406 e. The van der Waals surface area contributed by atoms with Crippen molar-refractivity contribution in [3.63, 3.8) is 0 Å². The molecule has 1 aromatic carbocycles. The second-order valence-corrected chi connectivity index (χ2v) is 4.11. The monoisotopic (exact) mass is 277 g/mol. The molecule has 1 rings (SSSR count). The zero-order valence-corrected chi connectivity index (χ0v) is 10.5. The Bertz CT molecular complexity index is 431. The third-order valence-corrected chi connectivity index (χ3v) is 2.67. The third-order valence-electron chi connectivity index (χ3n) is 2.67. The molecule has 0 aliphatic rings. The zero-order chi connectivity index (χ0) is 14.5. The molecule has 0 atom stereocenters. The fraction of sp³-hybridized carbons (Fsp3) is 0.462. The molecular formula is C13H15F4NO.